The molecule has 104 valence electrons. The van der Waals surface area contributed by atoms with E-state index in [1.807, 2.05) is 0 Å². The van der Waals surface area contributed by atoms with Gasteiger partial charge >= 0.3 is 5.97 Å². The summed E-state index contributed by atoms with van der Waals surface area (Å²) in [6.07, 6.45) is 4.82. The summed E-state index contributed by atoms with van der Waals surface area (Å²) in [5.74, 6) is -0.302. The molecule has 0 spiro atoms. The van der Waals surface area contributed by atoms with Crippen LogP contribution < -0.4 is 4.90 Å². The summed E-state index contributed by atoms with van der Waals surface area (Å²) in [6, 6.07) is 1.57. The summed E-state index contributed by atoms with van der Waals surface area (Å²) in [6.45, 7) is 6.36. The van der Waals surface area contributed by atoms with Gasteiger partial charge in [-0.05, 0) is 24.3 Å². The number of piperidine rings is 1. The van der Waals surface area contributed by atoms with Crippen molar-refractivity contribution in [1.82, 2.24) is 4.98 Å². The average Bonchev–Trinajstić information content (AvgIpc) is 2.40. The first kappa shape index (κ1) is 14.1. The highest BCUT2D eigenvalue weighted by atomic mass is 35.5. The second kappa shape index (κ2) is 5.37. The van der Waals surface area contributed by atoms with E-state index in [4.69, 9.17) is 16.7 Å². The van der Waals surface area contributed by atoms with E-state index in [1.54, 1.807) is 6.07 Å². The van der Waals surface area contributed by atoms with Crippen LogP contribution >= 0.6 is 11.6 Å². The molecule has 1 aromatic heterocycles. The van der Waals surface area contributed by atoms with E-state index in [9.17, 15) is 4.79 Å². The molecule has 0 radical (unpaired) electrons. The van der Waals surface area contributed by atoms with Crippen LogP contribution in [0.25, 0.3) is 0 Å². The van der Waals surface area contributed by atoms with Gasteiger partial charge in [-0.3, -0.25) is 0 Å². The fourth-order valence-corrected chi connectivity index (χ4v) is 2.58. The van der Waals surface area contributed by atoms with E-state index in [0.717, 1.165) is 25.9 Å². The van der Waals surface area contributed by atoms with Crippen molar-refractivity contribution in [2.75, 3.05) is 18.0 Å². The number of nitrogens with zero attached hydrogens (tertiary/aromatic N) is 2. The van der Waals surface area contributed by atoms with Gasteiger partial charge in [0.15, 0.2) is 0 Å². The molecule has 1 aliphatic heterocycles. The molecule has 19 heavy (non-hydrogen) atoms. The number of aromatic nitrogens is 1. The maximum atomic E-state index is 11.1. The predicted molar refractivity (Wildman–Crippen MR) is 76.1 cm³/mol. The zero-order chi connectivity index (χ0) is 14.0. The maximum absolute atomic E-state index is 11.1. The number of halogens is 1. The summed E-state index contributed by atoms with van der Waals surface area (Å²) >= 11 is 5.84. The normalized spacial score (nSPS) is 18.4. The van der Waals surface area contributed by atoms with Crippen molar-refractivity contribution >= 4 is 23.4 Å². The van der Waals surface area contributed by atoms with Crippen LogP contribution in [0.5, 0.6) is 0 Å². The van der Waals surface area contributed by atoms with Gasteiger partial charge in [-0.2, -0.15) is 0 Å². The Bertz CT molecular complexity index is 482. The standard InChI is InChI=1S/C14H19ClN2O2/c1-3-14(2)4-6-17(7-5-14)12-8-10(13(18)19)11(15)9-16-12/h8-9H,3-7H2,1-2H3,(H,18,19). The molecule has 1 saturated heterocycles. The SMILES string of the molecule is CCC1(C)CCN(c2cc(C(=O)O)c(Cl)cn2)CC1. The summed E-state index contributed by atoms with van der Waals surface area (Å²) in [5, 5.41) is 9.27. The van der Waals surface area contributed by atoms with E-state index < -0.39 is 5.97 Å². The molecule has 0 aromatic carbocycles. The molecule has 1 aromatic rings. The summed E-state index contributed by atoms with van der Waals surface area (Å²) in [4.78, 5) is 17.5. The third-order valence-corrected chi connectivity index (χ3v) is 4.52. The van der Waals surface area contributed by atoms with Crippen molar-refractivity contribution in [2.45, 2.75) is 33.1 Å². The first-order valence-electron chi connectivity index (χ1n) is 6.59. The number of hydrogen-bond acceptors (Lipinski definition) is 3. The average molecular weight is 283 g/mol. The number of anilines is 1. The molecule has 1 N–H and O–H groups in total. The number of carboxylic acid groups (broad SMARTS) is 1. The van der Waals surface area contributed by atoms with Gasteiger partial charge in [-0.15, -0.1) is 0 Å². The van der Waals surface area contributed by atoms with Gasteiger partial charge in [0.1, 0.15) is 5.82 Å². The minimum absolute atomic E-state index is 0.121. The fraction of sp³-hybridized carbons (Fsp3) is 0.571. The van der Waals surface area contributed by atoms with Crippen LogP contribution in [0.3, 0.4) is 0 Å². The second-order valence-corrected chi connectivity index (χ2v) is 5.89. The lowest BCUT2D eigenvalue weighted by atomic mass is 9.78. The molecule has 0 aliphatic carbocycles. The third kappa shape index (κ3) is 3.00. The van der Waals surface area contributed by atoms with Crippen molar-refractivity contribution in [3.63, 3.8) is 0 Å². The van der Waals surface area contributed by atoms with Gasteiger partial charge in [-0.1, -0.05) is 31.9 Å². The maximum Gasteiger partial charge on any atom is 0.337 e. The Balaban J connectivity index is 2.16. The highest BCUT2D eigenvalue weighted by molar-refractivity contribution is 6.33. The van der Waals surface area contributed by atoms with E-state index in [0.29, 0.717) is 11.2 Å². The highest BCUT2D eigenvalue weighted by Gasteiger charge is 2.29. The minimum Gasteiger partial charge on any atom is -0.478 e. The quantitative estimate of drug-likeness (QED) is 0.922. The molecule has 5 heteroatoms. The number of hydrogen-bond donors (Lipinski definition) is 1. The highest BCUT2D eigenvalue weighted by Crippen LogP contribution is 2.35. The molecule has 0 atom stereocenters. The van der Waals surface area contributed by atoms with E-state index in [1.165, 1.54) is 12.6 Å². The van der Waals surface area contributed by atoms with Crippen molar-refractivity contribution < 1.29 is 9.90 Å². The Morgan fingerprint density at radius 3 is 2.68 bits per heavy atom. The number of carboxylic acids is 1. The summed E-state index contributed by atoms with van der Waals surface area (Å²) in [5.41, 5.74) is 0.522. The number of carbonyl (C=O) groups is 1. The summed E-state index contributed by atoms with van der Waals surface area (Å²) < 4.78 is 0. The number of pyridine rings is 1. The molecule has 0 unspecified atom stereocenters. The van der Waals surface area contributed by atoms with Gasteiger partial charge < -0.3 is 10.0 Å². The van der Waals surface area contributed by atoms with Gasteiger partial charge in [0.05, 0.1) is 10.6 Å². The van der Waals surface area contributed by atoms with Crippen molar-refractivity contribution in [3.05, 3.63) is 22.8 Å². The van der Waals surface area contributed by atoms with Crippen molar-refractivity contribution in [1.29, 1.82) is 0 Å². The topological polar surface area (TPSA) is 53.4 Å². The van der Waals surface area contributed by atoms with E-state index >= 15 is 0 Å². The Kier molecular flexibility index (Phi) is 3.99. The van der Waals surface area contributed by atoms with Gasteiger partial charge in [0, 0.05) is 19.3 Å². The zero-order valence-electron chi connectivity index (χ0n) is 11.3. The Morgan fingerprint density at radius 1 is 1.53 bits per heavy atom. The van der Waals surface area contributed by atoms with E-state index in [-0.39, 0.29) is 10.6 Å². The van der Waals surface area contributed by atoms with Gasteiger partial charge in [0.2, 0.25) is 0 Å². The molecule has 0 amide bonds. The predicted octanol–water partition coefficient (Wildman–Crippen LogP) is 3.45. The second-order valence-electron chi connectivity index (χ2n) is 5.48. The first-order valence-corrected chi connectivity index (χ1v) is 6.97. The molecule has 0 bridgehead atoms. The first-order chi connectivity index (χ1) is 8.95. The molecular formula is C14H19ClN2O2. The monoisotopic (exact) mass is 282 g/mol. The van der Waals surface area contributed by atoms with Crippen LogP contribution in [0.1, 0.15) is 43.5 Å². The van der Waals surface area contributed by atoms with Crippen LogP contribution in [-0.2, 0) is 0 Å². The molecular weight excluding hydrogens is 264 g/mol. The molecule has 4 nitrogen and oxygen atoms in total. The lowest BCUT2D eigenvalue weighted by molar-refractivity contribution is 0.0697. The lowest BCUT2D eigenvalue weighted by Crippen LogP contribution is -2.38. The third-order valence-electron chi connectivity index (χ3n) is 4.22. The van der Waals surface area contributed by atoms with E-state index in [2.05, 4.69) is 23.7 Å². The number of aromatic carboxylic acids is 1. The lowest BCUT2D eigenvalue weighted by Gasteiger charge is -2.39. The van der Waals surface area contributed by atoms with Gasteiger partial charge in [0.25, 0.3) is 0 Å². The molecule has 2 heterocycles. The Morgan fingerprint density at radius 2 is 2.16 bits per heavy atom. The number of rotatable bonds is 3. The van der Waals surface area contributed by atoms with Crippen molar-refractivity contribution in [3.8, 4) is 0 Å². The molecule has 0 saturated carbocycles. The van der Waals surface area contributed by atoms with Crippen LogP contribution in [0.15, 0.2) is 12.3 Å². The van der Waals surface area contributed by atoms with Crippen LogP contribution in [-0.4, -0.2) is 29.1 Å². The fourth-order valence-electron chi connectivity index (χ4n) is 2.39. The Hall–Kier alpha value is -1.29. The zero-order valence-corrected chi connectivity index (χ0v) is 12.1. The van der Waals surface area contributed by atoms with Crippen LogP contribution in [0.4, 0.5) is 5.82 Å². The summed E-state index contributed by atoms with van der Waals surface area (Å²) in [7, 11) is 0. The largest absolute Gasteiger partial charge is 0.478 e. The molecule has 1 fully saturated rings. The minimum atomic E-state index is -1.01. The Labute approximate surface area is 118 Å². The van der Waals surface area contributed by atoms with Crippen LogP contribution in [0.2, 0.25) is 5.02 Å². The van der Waals surface area contributed by atoms with Gasteiger partial charge in [-0.25, -0.2) is 9.78 Å². The van der Waals surface area contributed by atoms with Crippen molar-refractivity contribution in [2.24, 2.45) is 5.41 Å². The smallest absolute Gasteiger partial charge is 0.337 e. The molecule has 1 aliphatic rings. The van der Waals surface area contributed by atoms with Crippen LogP contribution in [0, 0.1) is 5.41 Å². The molecule has 2 rings (SSSR count).